The van der Waals surface area contributed by atoms with Crippen LogP contribution >= 0.6 is 0 Å². The first-order valence-corrected chi connectivity index (χ1v) is 4.81. The second-order valence-electron chi connectivity index (χ2n) is 3.28. The monoisotopic (exact) mass is 217 g/mol. The van der Waals surface area contributed by atoms with Gasteiger partial charge in [-0.05, 0) is 6.92 Å². The summed E-state index contributed by atoms with van der Waals surface area (Å²) >= 11 is 0. The molecule has 1 atom stereocenters. The standard InChI is InChI=1S/C9H15NO5/c1-7(9(12)13)15-6-8(11)10-2-4-14-5-3-10/h7H,2-6H2,1H3,(H,12,13)/t7-/m0/s1. The molecule has 1 saturated heterocycles. The fourth-order valence-corrected chi connectivity index (χ4v) is 1.17. The number of amides is 1. The quantitative estimate of drug-likeness (QED) is 0.676. The Hall–Kier alpha value is -1.14. The van der Waals surface area contributed by atoms with E-state index >= 15 is 0 Å². The highest BCUT2D eigenvalue weighted by Gasteiger charge is 2.19. The molecule has 15 heavy (non-hydrogen) atoms. The van der Waals surface area contributed by atoms with Gasteiger partial charge < -0.3 is 19.5 Å². The van der Waals surface area contributed by atoms with Crippen LogP contribution in [0.2, 0.25) is 0 Å². The summed E-state index contributed by atoms with van der Waals surface area (Å²) in [7, 11) is 0. The first kappa shape index (κ1) is 11.9. The molecule has 0 aromatic carbocycles. The summed E-state index contributed by atoms with van der Waals surface area (Å²) in [6.07, 6.45) is -0.949. The lowest BCUT2D eigenvalue weighted by atomic mass is 10.4. The van der Waals surface area contributed by atoms with E-state index in [2.05, 4.69) is 0 Å². The molecule has 0 aliphatic carbocycles. The van der Waals surface area contributed by atoms with Crippen molar-refractivity contribution in [3.63, 3.8) is 0 Å². The van der Waals surface area contributed by atoms with Crippen LogP contribution in [0.3, 0.4) is 0 Å². The van der Waals surface area contributed by atoms with Crippen molar-refractivity contribution in [2.45, 2.75) is 13.0 Å². The van der Waals surface area contributed by atoms with Gasteiger partial charge in [0.1, 0.15) is 6.61 Å². The third kappa shape index (κ3) is 3.85. The molecular weight excluding hydrogens is 202 g/mol. The second-order valence-corrected chi connectivity index (χ2v) is 3.28. The summed E-state index contributed by atoms with van der Waals surface area (Å²) in [6, 6.07) is 0. The number of carboxylic acids is 1. The van der Waals surface area contributed by atoms with Gasteiger partial charge >= 0.3 is 5.97 Å². The van der Waals surface area contributed by atoms with E-state index in [0.29, 0.717) is 26.3 Å². The summed E-state index contributed by atoms with van der Waals surface area (Å²) in [6.45, 7) is 3.36. The normalized spacial score (nSPS) is 18.6. The first-order valence-electron chi connectivity index (χ1n) is 4.81. The van der Waals surface area contributed by atoms with Crippen molar-refractivity contribution >= 4 is 11.9 Å². The van der Waals surface area contributed by atoms with Crippen molar-refractivity contribution in [2.24, 2.45) is 0 Å². The number of hydrogen-bond donors (Lipinski definition) is 1. The number of nitrogens with zero attached hydrogens (tertiary/aromatic N) is 1. The Kier molecular flexibility index (Phi) is 4.51. The van der Waals surface area contributed by atoms with Crippen LogP contribution in [0.5, 0.6) is 0 Å². The minimum atomic E-state index is -1.07. The predicted molar refractivity (Wildman–Crippen MR) is 50.4 cm³/mol. The molecule has 0 saturated carbocycles. The molecular formula is C9H15NO5. The fourth-order valence-electron chi connectivity index (χ4n) is 1.17. The van der Waals surface area contributed by atoms with Gasteiger partial charge in [0.15, 0.2) is 6.10 Å². The lowest BCUT2D eigenvalue weighted by molar-refractivity contribution is -0.154. The second kappa shape index (κ2) is 5.67. The lowest BCUT2D eigenvalue weighted by Gasteiger charge is -2.26. The van der Waals surface area contributed by atoms with E-state index in [0.717, 1.165) is 0 Å². The van der Waals surface area contributed by atoms with Crippen molar-refractivity contribution in [1.82, 2.24) is 4.90 Å². The molecule has 0 spiro atoms. The molecule has 1 heterocycles. The maximum Gasteiger partial charge on any atom is 0.332 e. The Bertz CT molecular complexity index is 237. The maximum absolute atomic E-state index is 11.5. The van der Waals surface area contributed by atoms with Gasteiger partial charge in [0.2, 0.25) is 5.91 Å². The van der Waals surface area contributed by atoms with Crippen LogP contribution < -0.4 is 0 Å². The van der Waals surface area contributed by atoms with Crippen LogP contribution in [0.4, 0.5) is 0 Å². The Morgan fingerprint density at radius 1 is 1.47 bits per heavy atom. The zero-order chi connectivity index (χ0) is 11.3. The smallest absolute Gasteiger partial charge is 0.332 e. The molecule has 0 unspecified atom stereocenters. The van der Waals surface area contributed by atoms with E-state index in [-0.39, 0.29) is 12.5 Å². The molecule has 1 N–H and O–H groups in total. The number of morpholine rings is 1. The number of aliphatic carboxylic acids is 1. The lowest BCUT2D eigenvalue weighted by Crippen LogP contribution is -2.43. The average Bonchev–Trinajstić information content (AvgIpc) is 2.26. The topological polar surface area (TPSA) is 76.1 Å². The van der Waals surface area contributed by atoms with Crippen LogP contribution in [-0.2, 0) is 19.1 Å². The number of carbonyl (C=O) groups is 2. The molecule has 1 aliphatic rings. The summed E-state index contributed by atoms with van der Waals surface area (Å²) in [5.74, 6) is -1.25. The zero-order valence-electron chi connectivity index (χ0n) is 8.64. The van der Waals surface area contributed by atoms with Crippen LogP contribution in [0.1, 0.15) is 6.92 Å². The minimum absolute atomic E-state index is 0.187. The van der Waals surface area contributed by atoms with E-state index < -0.39 is 12.1 Å². The van der Waals surface area contributed by atoms with E-state index in [9.17, 15) is 9.59 Å². The molecule has 6 heteroatoms. The predicted octanol–water partition coefficient (Wildman–Crippen LogP) is -0.665. The highest BCUT2D eigenvalue weighted by atomic mass is 16.5. The third-order valence-corrected chi connectivity index (χ3v) is 2.17. The molecule has 1 aliphatic heterocycles. The largest absolute Gasteiger partial charge is 0.479 e. The number of carbonyl (C=O) groups excluding carboxylic acids is 1. The van der Waals surface area contributed by atoms with E-state index in [1.165, 1.54) is 6.92 Å². The Balaban J connectivity index is 2.25. The molecule has 1 rings (SSSR count). The van der Waals surface area contributed by atoms with Gasteiger partial charge in [0.05, 0.1) is 13.2 Å². The SMILES string of the molecule is C[C@H](OCC(=O)N1CCOCC1)C(=O)O. The number of ether oxygens (including phenoxy) is 2. The van der Waals surface area contributed by atoms with Gasteiger partial charge in [-0.25, -0.2) is 4.79 Å². The Labute approximate surface area is 87.8 Å². The molecule has 1 fully saturated rings. The summed E-state index contributed by atoms with van der Waals surface area (Å²) in [4.78, 5) is 23.5. The fraction of sp³-hybridized carbons (Fsp3) is 0.778. The van der Waals surface area contributed by atoms with Gasteiger partial charge in [-0.1, -0.05) is 0 Å². The molecule has 1 amide bonds. The molecule has 0 radical (unpaired) electrons. The van der Waals surface area contributed by atoms with Crippen LogP contribution in [0.25, 0.3) is 0 Å². The zero-order valence-corrected chi connectivity index (χ0v) is 8.64. The van der Waals surface area contributed by atoms with Gasteiger partial charge in [0.25, 0.3) is 0 Å². The molecule has 0 aromatic rings. The van der Waals surface area contributed by atoms with Crippen LogP contribution in [-0.4, -0.2) is 60.9 Å². The molecule has 0 bridgehead atoms. The molecule has 6 nitrogen and oxygen atoms in total. The third-order valence-electron chi connectivity index (χ3n) is 2.17. The molecule has 86 valence electrons. The van der Waals surface area contributed by atoms with Crippen molar-refractivity contribution in [3.05, 3.63) is 0 Å². The number of hydrogen-bond acceptors (Lipinski definition) is 4. The Morgan fingerprint density at radius 2 is 2.07 bits per heavy atom. The maximum atomic E-state index is 11.5. The van der Waals surface area contributed by atoms with Crippen molar-refractivity contribution in [1.29, 1.82) is 0 Å². The van der Waals surface area contributed by atoms with E-state index in [1.54, 1.807) is 4.90 Å². The van der Waals surface area contributed by atoms with E-state index in [1.807, 2.05) is 0 Å². The number of carboxylic acid groups (broad SMARTS) is 1. The van der Waals surface area contributed by atoms with Gasteiger partial charge in [-0.3, -0.25) is 4.79 Å². The minimum Gasteiger partial charge on any atom is -0.479 e. The van der Waals surface area contributed by atoms with Crippen molar-refractivity contribution in [3.8, 4) is 0 Å². The van der Waals surface area contributed by atoms with Gasteiger partial charge in [0, 0.05) is 13.1 Å². The van der Waals surface area contributed by atoms with Crippen LogP contribution in [0.15, 0.2) is 0 Å². The van der Waals surface area contributed by atoms with Crippen LogP contribution in [0, 0.1) is 0 Å². The van der Waals surface area contributed by atoms with E-state index in [4.69, 9.17) is 14.6 Å². The van der Waals surface area contributed by atoms with Gasteiger partial charge in [-0.15, -0.1) is 0 Å². The van der Waals surface area contributed by atoms with Crippen molar-refractivity contribution < 1.29 is 24.2 Å². The molecule has 0 aromatic heterocycles. The highest BCUT2D eigenvalue weighted by molar-refractivity contribution is 5.78. The summed E-state index contributed by atoms with van der Waals surface area (Å²) in [5, 5.41) is 8.54. The Morgan fingerprint density at radius 3 is 2.60 bits per heavy atom. The summed E-state index contributed by atoms with van der Waals surface area (Å²) < 4.78 is 9.97. The van der Waals surface area contributed by atoms with Crippen molar-refractivity contribution in [2.75, 3.05) is 32.9 Å². The average molecular weight is 217 g/mol. The number of rotatable bonds is 4. The van der Waals surface area contributed by atoms with Gasteiger partial charge in [-0.2, -0.15) is 0 Å². The first-order chi connectivity index (χ1) is 7.11. The highest BCUT2D eigenvalue weighted by Crippen LogP contribution is 1.99. The summed E-state index contributed by atoms with van der Waals surface area (Å²) in [5.41, 5.74) is 0.